The van der Waals surface area contributed by atoms with Gasteiger partial charge in [0.2, 0.25) is 5.91 Å². The van der Waals surface area contributed by atoms with Gasteiger partial charge >= 0.3 is 0 Å². The molecule has 0 radical (unpaired) electrons. The molecule has 0 saturated carbocycles. The highest BCUT2D eigenvalue weighted by Gasteiger charge is 2.25. The van der Waals surface area contributed by atoms with E-state index in [0.29, 0.717) is 12.8 Å². The third-order valence-electron chi connectivity index (χ3n) is 5.45. The Morgan fingerprint density at radius 3 is 2.06 bits per heavy atom. The number of nitrogens with one attached hydrogen (secondary N) is 1. The highest BCUT2D eigenvalue weighted by atomic mass is 32.2. The molecule has 0 aromatic rings. The lowest BCUT2D eigenvalue weighted by Gasteiger charge is -2.23. The Balaban J connectivity index is 4.14. The van der Waals surface area contributed by atoms with Gasteiger partial charge in [-0.05, 0) is 32.1 Å². The van der Waals surface area contributed by atoms with Crippen molar-refractivity contribution < 1.29 is 22.9 Å². The molecule has 2 unspecified atom stereocenters. The normalized spacial score (nSPS) is 14.1. The largest absolute Gasteiger partial charge is 0.391 e. The maximum Gasteiger partial charge on any atom is 0.266 e. The number of rotatable bonds is 21. The van der Waals surface area contributed by atoms with E-state index < -0.39 is 28.0 Å². The van der Waals surface area contributed by atoms with Crippen LogP contribution in [0.5, 0.6) is 0 Å². The fourth-order valence-electron chi connectivity index (χ4n) is 3.57. The fourth-order valence-corrected chi connectivity index (χ4v) is 4.33. The quantitative estimate of drug-likeness (QED) is 0.118. The predicted molar refractivity (Wildman–Crippen MR) is 129 cm³/mol. The van der Waals surface area contributed by atoms with Gasteiger partial charge in [0.05, 0.1) is 17.9 Å². The average molecular weight is 462 g/mol. The fraction of sp³-hybridized carbons (Fsp3) is 0.875. The number of hydrogen-bond donors (Lipinski definition) is 3. The molecule has 0 bridgehead atoms. The Bertz CT molecular complexity index is 562. The molecule has 0 saturated heterocycles. The number of carbonyl (C=O) groups excluding carboxylic acids is 1. The van der Waals surface area contributed by atoms with Crippen LogP contribution in [0.1, 0.15) is 117 Å². The van der Waals surface area contributed by atoms with Crippen LogP contribution in [0.25, 0.3) is 0 Å². The first kappa shape index (κ1) is 30.1. The maximum atomic E-state index is 12.2. The highest BCUT2D eigenvalue weighted by Crippen LogP contribution is 2.13. The van der Waals surface area contributed by atoms with Crippen LogP contribution in [0.2, 0.25) is 0 Å². The molecule has 0 aromatic heterocycles. The summed E-state index contributed by atoms with van der Waals surface area (Å²) < 4.78 is 31.8. The van der Waals surface area contributed by atoms with Crippen molar-refractivity contribution in [2.45, 2.75) is 129 Å². The Morgan fingerprint density at radius 2 is 1.42 bits per heavy atom. The van der Waals surface area contributed by atoms with E-state index in [1.54, 1.807) is 0 Å². The first-order valence-corrected chi connectivity index (χ1v) is 14.0. The van der Waals surface area contributed by atoms with Crippen LogP contribution in [0.3, 0.4) is 0 Å². The van der Waals surface area contributed by atoms with Crippen molar-refractivity contribution >= 4 is 16.0 Å². The van der Waals surface area contributed by atoms with E-state index >= 15 is 0 Å². The van der Waals surface area contributed by atoms with E-state index in [4.69, 9.17) is 0 Å². The first-order chi connectivity index (χ1) is 14.8. The molecule has 0 aliphatic carbocycles. The number of unbranched alkanes of at least 4 members (excludes halogenated alkanes) is 11. The summed E-state index contributed by atoms with van der Waals surface area (Å²) in [6.45, 7) is 4.32. The van der Waals surface area contributed by atoms with E-state index in [2.05, 4.69) is 31.3 Å². The van der Waals surface area contributed by atoms with E-state index in [1.165, 1.54) is 19.3 Å². The summed E-state index contributed by atoms with van der Waals surface area (Å²) in [6.07, 6.45) is 19.1. The van der Waals surface area contributed by atoms with Crippen LogP contribution in [0, 0.1) is 0 Å². The molecule has 0 heterocycles. The number of aliphatic hydroxyl groups excluding tert-OH is 1. The van der Waals surface area contributed by atoms with Gasteiger partial charge in [-0.15, -0.1) is 0 Å². The molecule has 0 aromatic carbocycles. The summed E-state index contributed by atoms with van der Waals surface area (Å²) >= 11 is 0. The summed E-state index contributed by atoms with van der Waals surface area (Å²) in [6, 6.07) is -0.965. The number of carbonyl (C=O) groups is 1. The zero-order valence-corrected chi connectivity index (χ0v) is 20.7. The second-order valence-corrected chi connectivity index (χ2v) is 10.1. The van der Waals surface area contributed by atoms with Gasteiger partial charge in [0.25, 0.3) is 10.1 Å². The molecular weight excluding hydrogens is 414 g/mol. The minimum Gasteiger partial charge on any atom is -0.391 e. The van der Waals surface area contributed by atoms with Gasteiger partial charge in [-0.2, -0.15) is 8.42 Å². The van der Waals surface area contributed by atoms with Crippen LogP contribution in [0.4, 0.5) is 0 Å². The van der Waals surface area contributed by atoms with Gasteiger partial charge in [0.1, 0.15) is 0 Å². The molecule has 1 amide bonds. The molecule has 2 atom stereocenters. The van der Waals surface area contributed by atoms with Gasteiger partial charge < -0.3 is 10.4 Å². The number of aliphatic hydroxyl groups is 1. The predicted octanol–water partition coefficient (Wildman–Crippen LogP) is 5.56. The van der Waals surface area contributed by atoms with Gasteiger partial charge in [0.15, 0.2) is 0 Å². The Morgan fingerprint density at radius 1 is 0.839 bits per heavy atom. The first-order valence-electron chi connectivity index (χ1n) is 12.4. The van der Waals surface area contributed by atoms with Crippen molar-refractivity contribution in [3.63, 3.8) is 0 Å². The molecule has 6 nitrogen and oxygen atoms in total. The van der Waals surface area contributed by atoms with Gasteiger partial charge in [-0.1, -0.05) is 90.2 Å². The second-order valence-electron chi connectivity index (χ2n) is 8.61. The monoisotopic (exact) mass is 461 g/mol. The third-order valence-corrected chi connectivity index (χ3v) is 6.23. The minimum absolute atomic E-state index is 0.266. The van der Waals surface area contributed by atoms with Crippen molar-refractivity contribution in [3.8, 4) is 0 Å². The van der Waals surface area contributed by atoms with E-state index in [9.17, 15) is 22.9 Å². The molecule has 0 aliphatic heterocycles. The van der Waals surface area contributed by atoms with Gasteiger partial charge in [0, 0.05) is 6.42 Å². The van der Waals surface area contributed by atoms with Crippen LogP contribution in [-0.2, 0) is 14.9 Å². The Hall–Kier alpha value is -0.920. The lowest BCUT2D eigenvalue weighted by molar-refractivity contribution is -0.122. The summed E-state index contributed by atoms with van der Waals surface area (Å²) in [7, 11) is -4.28. The summed E-state index contributed by atoms with van der Waals surface area (Å²) in [4.78, 5) is 12.2. The second kappa shape index (κ2) is 19.7. The molecular formula is C24H47NO5S. The van der Waals surface area contributed by atoms with Crippen molar-refractivity contribution in [1.82, 2.24) is 5.32 Å². The van der Waals surface area contributed by atoms with Crippen LogP contribution >= 0.6 is 0 Å². The number of amides is 1. The molecule has 0 rings (SSSR count). The van der Waals surface area contributed by atoms with E-state index in [1.807, 2.05) is 0 Å². The van der Waals surface area contributed by atoms with Crippen molar-refractivity contribution in [2.75, 3.05) is 5.75 Å². The van der Waals surface area contributed by atoms with Crippen LogP contribution in [-0.4, -0.2) is 41.9 Å². The van der Waals surface area contributed by atoms with Crippen LogP contribution in [0.15, 0.2) is 12.2 Å². The zero-order valence-electron chi connectivity index (χ0n) is 19.9. The molecule has 7 heteroatoms. The van der Waals surface area contributed by atoms with Gasteiger partial charge in [-0.25, -0.2) is 0 Å². The Kier molecular flexibility index (Phi) is 19.2. The molecule has 3 N–H and O–H groups in total. The standard InChI is InChI=1S/C24H47NO5S/c1-3-5-7-9-11-12-13-14-16-18-20-24(27)25-22(21-31(28,29)30)23(26)19-17-15-10-8-6-4-2/h7,9,22-23,26H,3-6,8,10-21H2,1-2H3,(H,25,27)(H,28,29,30)/b9-7-. The molecule has 184 valence electrons. The molecule has 0 fully saturated rings. The average Bonchev–Trinajstić information content (AvgIpc) is 2.70. The lowest BCUT2D eigenvalue weighted by atomic mass is 10.0. The topological polar surface area (TPSA) is 104 Å². The van der Waals surface area contributed by atoms with Crippen LogP contribution < -0.4 is 5.32 Å². The SMILES string of the molecule is CCC/C=C\CCCCCCCC(=O)NC(CS(=O)(=O)O)C(O)CCCCCCCC. The molecule has 0 aliphatic rings. The minimum atomic E-state index is -4.28. The van der Waals surface area contributed by atoms with E-state index in [-0.39, 0.29) is 5.91 Å². The molecule has 0 spiro atoms. The smallest absolute Gasteiger partial charge is 0.266 e. The number of allylic oxidation sites excluding steroid dienone is 2. The third kappa shape index (κ3) is 20.7. The van der Waals surface area contributed by atoms with Crippen molar-refractivity contribution in [3.05, 3.63) is 12.2 Å². The lowest BCUT2D eigenvalue weighted by Crippen LogP contribution is -2.47. The Labute approximate surface area is 191 Å². The summed E-state index contributed by atoms with van der Waals surface area (Å²) in [5.74, 6) is -0.917. The zero-order chi connectivity index (χ0) is 23.4. The highest BCUT2D eigenvalue weighted by molar-refractivity contribution is 7.85. The van der Waals surface area contributed by atoms with Crippen molar-refractivity contribution in [2.24, 2.45) is 0 Å². The number of hydrogen-bond acceptors (Lipinski definition) is 4. The maximum absolute atomic E-state index is 12.2. The summed E-state index contributed by atoms with van der Waals surface area (Å²) in [5, 5.41) is 13.0. The van der Waals surface area contributed by atoms with Gasteiger partial charge in [-0.3, -0.25) is 9.35 Å². The molecule has 31 heavy (non-hydrogen) atoms. The van der Waals surface area contributed by atoms with Crippen molar-refractivity contribution in [1.29, 1.82) is 0 Å². The van der Waals surface area contributed by atoms with E-state index in [0.717, 1.165) is 70.6 Å². The summed E-state index contributed by atoms with van der Waals surface area (Å²) in [5.41, 5.74) is 0.